The molecular formula is C14H29NO2. The summed E-state index contributed by atoms with van der Waals surface area (Å²) < 4.78 is 5.41. The number of ether oxygens (including phenoxy) is 1. The van der Waals surface area contributed by atoms with E-state index in [4.69, 9.17) is 4.74 Å². The van der Waals surface area contributed by atoms with Gasteiger partial charge in [-0.2, -0.15) is 0 Å². The highest BCUT2D eigenvalue weighted by Gasteiger charge is 2.23. The van der Waals surface area contributed by atoms with Gasteiger partial charge in [-0.25, -0.2) is 0 Å². The minimum atomic E-state index is -0.395. The molecule has 0 saturated heterocycles. The van der Waals surface area contributed by atoms with Gasteiger partial charge in [-0.15, -0.1) is 0 Å². The predicted octanol–water partition coefficient (Wildman–Crippen LogP) is 3.28. The first-order chi connectivity index (χ1) is 7.90. The van der Waals surface area contributed by atoms with Crippen LogP contribution in [0.5, 0.6) is 0 Å². The number of esters is 1. The van der Waals surface area contributed by atoms with Gasteiger partial charge in [0.25, 0.3) is 0 Å². The number of nitrogens with one attached hydrogen (secondary N) is 1. The molecule has 0 aliphatic heterocycles. The third kappa shape index (κ3) is 9.16. The summed E-state index contributed by atoms with van der Waals surface area (Å²) in [4.78, 5) is 11.9. The Morgan fingerprint density at radius 3 is 2.29 bits per heavy atom. The molecule has 3 nitrogen and oxygen atoms in total. The lowest BCUT2D eigenvalue weighted by atomic mass is 10.1. The van der Waals surface area contributed by atoms with Gasteiger partial charge in [-0.1, -0.05) is 39.5 Å². The van der Waals surface area contributed by atoms with E-state index in [-0.39, 0.29) is 12.0 Å². The summed E-state index contributed by atoms with van der Waals surface area (Å²) in [5.41, 5.74) is -0.395. The molecule has 0 radical (unpaired) electrons. The number of hydrogen-bond acceptors (Lipinski definition) is 3. The first-order valence-electron chi connectivity index (χ1n) is 6.87. The number of likely N-dealkylation sites (N-methyl/N-ethyl adjacent to an activating group) is 1. The van der Waals surface area contributed by atoms with Crippen LogP contribution in [0.4, 0.5) is 0 Å². The van der Waals surface area contributed by atoms with Gasteiger partial charge in [-0.3, -0.25) is 4.79 Å². The highest BCUT2D eigenvalue weighted by Crippen LogP contribution is 2.12. The maximum atomic E-state index is 11.9. The molecule has 0 fully saturated rings. The monoisotopic (exact) mass is 243 g/mol. The van der Waals surface area contributed by atoms with E-state index in [1.807, 2.05) is 27.7 Å². The Bertz CT molecular complexity index is 209. The van der Waals surface area contributed by atoms with Crippen LogP contribution in [0.3, 0.4) is 0 Å². The number of unbranched alkanes of at least 4 members (excludes halogenated alkanes) is 3. The fraction of sp³-hybridized carbons (Fsp3) is 0.929. The summed E-state index contributed by atoms with van der Waals surface area (Å²) in [6.07, 6.45) is 5.63. The second-order valence-electron chi connectivity index (χ2n) is 5.49. The molecule has 17 heavy (non-hydrogen) atoms. The van der Waals surface area contributed by atoms with Crippen LogP contribution < -0.4 is 5.32 Å². The predicted molar refractivity (Wildman–Crippen MR) is 72.1 cm³/mol. The van der Waals surface area contributed by atoms with Crippen molar-refractivity contribution in [1.82, 2.24) is 5.32 Å². The minimum Gasteiger partial charge on any atom is -0.459 e. The van der Waals surface area contributed by atoms with Crippen molar-refractivity contribution < 1.29 is 9.53 Å². The summed E-state index contributed by atoms with van der Waals surface area (Å²) in [6, 6.07) is -0.143. The first kappa shape index (κ1) is 16.4. The van der Waals surface area contributed by atoms with Gasteiger partial charge < -0.3 is 10.1 Å². The van der Waals surface area contributed by atoms with Crippen molar-refractivity contribution in [2.24, 2.45) is 0 Å². The molecule has 0 spiro atoms. The van der Waals surface area contributed by atoms with Crippen LogP contribution in [0.25, 0.3) is 0 Å². The van der Waals surface area contributed by atoms with Gasteiger partial charge in [-0.05, 0) is 33.7 Å². The number of rotatable bonds is 8. The maximum absolute atomic E-state index is 11.9. The zero-order chi connectivity index (χ0) is 13.3. The molecule has 102 valence electrons. The third-order valence-electron chi connectivity index (χ3n) is 2.49. The normalized spacial score (nSPS) is 13.5. The summed E-state index contributed by atoms with van der Waals surface area (Å²) in [6.45, 7) is 10.7. The molecule has 0 aromatic heterocycles. The van der Waals surface area contributed by atoms with Crippen LogP contribution in [0.15, 0.2) is 0 Å². The van der Waals surface area contributed by atoms with E-state index in [2.05, 4.69) is 12.2 Å². The fourth-order valence-corrected chi connectivity index (χ4v) is 1.70. The van der Waals surface area contributed by atoms with Gasteiger partial charge >= 0.3 is 5.97 Å². The van der Waals surface area contributed by atoms with Crippen molar-refractivity contribution in [3.05, 3.63) is 0 Å². The Labute approximate surface area is 106 Å². The smallest absolute Gasteiger partial charge is 0.323 e. The second-order valence-corrected chi connectivity index (χ2v) is 5.49. The summed E-state index contributed by atoms with van der Waals surface area (Å²) in [5, 5.41) is 3.21. The quantitative estimate of drug-likeness (QED) is 0.525. The van der Waals surface area contributed by atoms with E-state index in [0.717, 1.165) is 19.4 Å². The molecule has 1 unspecified atom stereocenters. The number of hydrogen-bond donors (Lipinski definition) is 1. The molecule has 1 N–H and O–H groups in total. The van der Waals surface area contributed by atoms with Gasteiger partial charge in [0.05, 0.1) is 0 Å². The molecule has 3 heteroatoms. The fourth-order valence-electron chi connectivity index (χ4n) is 1.70. The van der Waals surface area contributed by atoms with Crippen molar-refractivity contribution in [3.63, 3.8) is 0 Å². The summed E-state index contributed by atoms with van der Waals surface area (Å²) >= 11 is 0. The lowest BCUT2D eigenvalue weighted by molar-refractivity contribution is -0.157. The minimum absolute atomic E-state index is 0.115. The zero-order valence-corrected chi connectivity index (χ0v) is 12.1. The molecule has 0 aromatic rings. The molecule has 1 atom stereocenters. The molecule has 0 heterocycles. The number of carbonyl (C=O) groups excluding carboxylic acids is 1. The van der Waals surface area contributed by atoms with Crippen LogP contribution in [0.2, 0.25) is 0 Å². The summed E-state index contributed by atoms with van der Waals surface area (Å²) in [5.74, 6) is -0.115. The molecule has 0 aliphatic carbocycles. The molecule has 0 rings (SSSR count). The van der Waals surface area contributed by atoms with Gasteiger partial charge in [0.1, 0.15) is 11.6 Å². The molecular weight excluding hydrogens is 214 g/mol. The average Bonchev–Trinajstić information content (AvgIpc) is 2.20. The van der Waals surface area contributed by atoms with Crippen molar-refractivity contribution in [2.45, 2.75) is 78.4 Å². The molecule has 0 aromatic carbocycles. The molecule has 0 amide bonds. The van der Waals surface area contributed by atoms with Crippen molar-refractivity contribution >= 4 is 5.97 Å². The van der Waals surface area contributed by atoms with E-state index in [1.54, 1.807) is 0 Å². The highest BCUT2D eigenvalue weighted by molar-refractivity contribution is 5.76. The van der Waals surface area contributed by atoms with Crippen LogP contribution in [-0.2, 0) is 9.53 Å². The van der Waals surface area contributed by atoms with Crippen molar-refractivity contribution in [1.29, 1.82) is 0 Å². The second kappa shape index (κ2) is 8.51. The van der Waals surface area contributed by atoms with E-state index in [9.17, 15) is 4.79 Å². The average molecular weight is 243 g/mol. The van der Waals surface area contributed by atoms with Crippen LogP contribution in [0.1, 0.15) is 66.7 Å². The molecule has 0 bridgehead atoms. The number of carbonyl (C=O) groups is 1. The van der Waals surface area contributed by atoms with Crippen LogP contribution in [0, 0.1) is 0 Å². The largest absolute Gasteiger partial charge is 0.459 e. The Hall–Kier alpha value is -0.570. The Morgan fingerprint density at radius 2 is 1.82 bits per heavy atom. The summed E-state index contributed by atoms with van der Waals surface area (Å²) in [7, 11) is 0. The van der Waals surface area contributed by atoms with Crippen molar-refractivity contribution in [3.8, 4) is 0 Å². The maximum Gasteiger partial charge on any atom is 0.323 e. The topological polar surface area (TPSA) is 38.3 Å². The Morgan fingerprint density at radius 1 is 1.18 bits per heavy atom. The van der Waals surface area contributed by atoms with E-state index in [0.29, 0.717) is 0 Å². The molecule has 0 saturated carbocycles. The van der Waals surface area contributed by atoms with E-state index >= 15 is 0 Å². The molecule has 0 aliphatic rings. The lowest BCUT2D eigenvalue weighted by Gasteiger charge is -2.24. The lowest BCUT2D eigenvalue weighted by Crippen LogP contribution is -2.41. The van der Waals surface area contributed by atoms with Crippen LogP contribution >= 0.6 is 0 Å². The Balaban J connectivity index is 4.07. The SMILES string of the molecule is CCCCCCC(NCC)C(=O)OC(C)(C)C. The third-order valence-corrected chi connectivity index (χ3v) is 2.49. The Kier molecular flexibility index (Phi) is 8.23. The van der Waals surface area contributed by atoms with Gasteiger partial charge in [0.2, 0.25) is 0 Å². The zero-order valence-electron chi connectivity index (χ0n) is 12.1. The van der Waals surface area contributed by atoms with Crippen LogP contribution in [-0.4, -0.2) is 24.2 Å². The first-order valence-corrected chi connectivity index (χ1v) is 6.87. The van der Waals surface area contributed by atoms with E-state index < -0.39 is 5.60 Å². The van der Waals surface area contributed by atoms with E-state index in [1.165, 1.54) is 19.3 Å². The van der Waals surface area contributed by atoms with Crippen molar-refractivity contribution in [2.75, 3.05) is 6.54 Å². The van der Waals surface area contributed by atoms with Gasteiger partial charge in [0.15, 0.2) is 0 Å². The standard InChI is InChI=1S/C14H29NO2/c1-6-8-9-10-11-12(15-7-2)13(16)17-14(3,4)5/h12,15H,6-11H2,1-5H3. The highest BCUT2D eigenvalue weighted by atomic mass is 16.6. The van der Waals surface area contributed by atoms with Gasteiger partial charge in [0, 0.05) is 0 Å².